The van der Waals surface area contributed by atoms with Gasteiger partial charge in [0.25, 0.3) is 0 Å². The number of hydrogen-bond acceptors (Lipinski definition) is 2. The maximum atomic E-state index is 5.29. The van der Waals surface area contributed by atoms with E-state index in [0.717, 1.165) is 22.4 Å². The van der Waals surface area contributed by atoms with Gasteiger partial charge in [-0.1, -0.05) is 35.8 Å². The fourth-order valence-electron chi connectivity index (χ4n) is 1.86. The molecule has 0 amide bonds. The van der Waals surface area contributed by atoms with Crippen molar-refractivity contribution in [2.45, 2.75) is 27.3 Å². The van der Waals surface area contributed by atoms with Gasteiger partial charge in [0.15, 0.2) is 10.6 Å². The van der Waals surface area contributed by atoms with Crippen LogP contribution in [0.25, 0.3) is 11.4 Å². The molecule has 1 heterocycles. The average Bonchev–Trinajstić information content (AvgIpc) is 2.60. The van der Waals surface area contributed by atoms with Crippen LogP contribution in [-0.4, -0.2) is 14.8 Å². The molecule has 0 fully saturated rings. The Labute approximate surface area is 120 Å². The minimum atomic E-state index is 0.525. The van der Waals surface area contributed by atoms with Crippen LogP contribution in [0.4, 0.5) is 0 Å². The second-order valence-electron chi connectivity index (χ2n) is 4.84. The number of hydrogen-bond donors (Lipinski definition) is 1. The van der Waals surface area contributed by atoms with Crippen molar-refractivity contribution in [1.29, 1.82) is 0 Å². The number of benzene rings is 1. The molecule has 2 aromatic rings. The predicted molar refractivity (Wildman–Crippen MR) is 80.1 cm³/mol. The van der Waals surface area contributed by atoms with Crippen molar-refractivity contribution < 1.29 is 0 Å². The van der Waals surface area contributed by atoms with Crippen molar-refractivity contribution in [3.8, 4) is 11.4 Å². The van der Waals surface area contributed by atoms with Crippen LogP contribution in [-0.2, 0) is 6.54 Å². The molecule has 0 atom stereocenters. The summed E-state index contributed by atoms with van der Waals surface area (Å²) in [4.78, 5) is 0. The van der Waals surface area contributed by atoms with E-state index in [0.29, 0.717) is 10.7 Å². The van der Waals surface area contributed by atoms with Gasteiger partial charge in [-0.3, -0.25) is 9.67 Å². The summed E-state index contributed by atoms with van der Waals surface area (Å²) in [6.07, 6.45) is 0. The molecule has 0 saturated heterocycles. The smallest absolute Gasteiger partial charge is 0.195 e. The highest BCUT2D eigenvalue weighted by atomic mass is 79.9. The molecule has 1 aromatic heterocycles. The van der Waals surface area contributed by atoms with E-state index in [4.69, 9.17) is 12.2 Å². The molecule has 2 rings (SSSR count). The summed E-state index contributed by atoms with van der Waals surface area (Å²) >= 11 is 8.88. The minimum Gasteiger partial charge on any atom is -0.300 e. The molecule has 0 bridgehead atoms. The van der Waals surface area contributed by atoms with Crippen molar-refractivity contribution >= 4 is 28.1 Å². The van der Waals surface area contributed by atoms with Crippen LogP contribution in [0.1, 0.15) is 19.4 Å². The molecule has 0 aliphatic heterocycles. The number of nitrogens with one attached hydrogen (secondary N) is 1. The van der Waals surface area contributed by atoms with E-state index < -0.39 is 0 Å². The first-order chi connectivity index (χ1) is 8.49. The SMILES string of the molecule is Cc1ccc(-c2n[nH]c(=S)n2CC(C)C)c(Br)c1. The van der Waals surface area contributed by atoms with Gasteiger partial charge in [-0.15, -0.1) is 0 Å². The van der Waals surface area contributed by atoms with Crippen molar-refractivity contribution in [2.24, 2.45) is 5.92 Å². The van der Waals surface area contributed by atoms with Gasteiger partial charge in [-0.2, -0.15) is 5.10 Å². The standard InChI is InChI=1S/C13H16BrN3S/c1-8(2)7-17-12(15-16-13(17)18)10-5-4-9(3)6-11(10)14/h4-6,8H,7H2,1-3H3,(H,16,18). The average molecular weight is 326 g/mol. The first-order valence-corrected chi connectivity index (χ1v) is 7.11. The number of aromatic amines is 1. The van der Waals surface area contributed by atoms with E-state index in [1.54, 1.807) is 0 Å². The summed E-state index contributed by atoms with van der Waals surface area (Å²) in [5, 5.41) is 7.22. The van der Waals surface area contributed by atoms with Crippen LogP contribution < -0.4 is 0 Å². The summed E-state index contributed by atoms with van der Waals surface area (Å²) in [6.45, 7) is 7.27. The summed E-state index contributed by atoms with van der Waals surface area (Å²) in [5.74, 6) is 1.41. The molecule has 0 unspecified atom stereocenters. The third kappa shape index (κ3) is 2.72. The van der Waals surface area contributed by atoms with Crippen LogP contribution in [0, 0.1) is 17.6 Å². The molecule has 0 saturated carbocycles. The van der Waals surface area contributed by atoms with Crippen molar-refractivity contribution in [1.82, 2.24) is 14.8 Å². The van der Waals surface area contributed by atoms with Crippen LogP contribution in [0.2, 0.25) is 0 Å². The Hall–Kier alpha value is -0.940. The van der Waals surface area contributed by atoms with Crippen molar-refractivity contribution in [3.63, 3.8) is 0 Å². The molecule has 18 heavy (non-hydrogen) atoms. The largest absolute Gasteiger partial charge is 0.300 e. The van der Waals surface area contributed by atoms with Crippen LogP contribution in [0.15, 0.2) is 22.7 Å². The van der Waals surface area contributed by atoms with Crippen LogP contribution in [0.5, 0.6) is 0 Å². The molecular formula is C13H16BrN3S. The zero-order chi connectivity index (χ0) is 13.3. The summed E-state index contributed by atoms with van der Waals surface area (Å²) < 4.78 is 3.77. The van der Waals surface area contributed by atoms with E-state index in [1.165, 1.54) is 5.56 Å². The van der Waals surface area contributed by atoms with E-state index in [1.807, 2.05) is 0 Å². The highest BCUT2D eigenvalue weighted by molar-refractivity contribution is 9.10. The maximum Gasteiger partial charge on any atom is 0.195 e. The first-order valence-electron chi connectivity index (χ1n) is 5.90. The van der Waals surface area contributed by atoms with Gasteiger partial charge in [0, 0.05) is 16.6 Å². The fourth-order valence-corrected chi connectivity index (χ4v) is 2.74. The third-order valence-corrected chi connectivity index (χ3v) is 3.64. The summed E-state index contributed by atoms with van der Waals surface area (Å²) in [6, 6.07) is 6.24. The fraction of sp³-hybridized carbons (Fsp3) is 0.385. The molecular weight excluding hydrogens is 310 g/mol. The second-order valence-corrected chi connectivity index (χ2v) is 6.08. The quantitative estimate of drug-likeness (QED) is 0.852. The number of nitrogens with zero attached hydrogens (tertiary/aromatic N) is 2. The lowest BCUT2D eigenvalue weighted by Crippen LogP contribution is -2.06. The lowest BCUT2D eigenvalue weighted by atomic mass is 10.1. The second kappa shape index (κ2) is 5.36. The predicted octanol–water partition coefficient (Wildman–Crippen LogP) is 4.33. The Morgan fingerprint density at radius 1 is 1.44 bits per heavy atom. The lowest BCUT2D eigenvalue weighted by molar-refractivity contribution is 0.521. The zero-order valence-electron chi connectivity index (χ0n) is 10.7. The molecule has 3 nitrogen and oxygen atoms in total. The van der Waals surface area contributed by atoms with Crippen LogP contribution >= 0.6 is 28.1 Å². The van der Waals surface area contributed by atoms with E-state index >= 15 is 0 Å². The first kappa shape index (κ1) is 13.5. The number of rotatable bonds is 3. The van der Waals surface area contributed by atoms with Gasteiger partial charge in [0.2, 0.25) is 0 Å². The normalized spacial score (nSPS) is 11.2. The number of aromatic nitrogens is 3. The van der Waals surface area contributed by atoms with Gasteiger partial charge in [-0.05, 0) is 42.8 Å². The Morgan fingerprint density at radius 3 is 2.78 bits per heavy atom. The van der Waals surface area contributed by atoms with Gasteiger partial charge < -0.3 is 0 Å². The molecule has 0 aliphatic rings. The number of H-pyrrole nitrogens is 1. The van der Waals surface area contributed by atoms with Gasteiger partial charge in [0.05, 0.1) is 0 Å². The highest BCUT2D eigenvalue weighted by Crippen LogP contribution is 2.28. The maximum absolute atomic E-state index is 5.29. The molecule has 0 aliphatic carbocycles. The third-order valence-electron chi connectivity index (χ3n) is 2.67. The molecule has 0 spiro atoms. The Bertz CT molecular complexity index is 613. The van der Waals surface area contributed by atoms with E-state index in [9.17, 15) is 0 Å². The zero-order valence-corrected chi connectivity index (χ0v) is 13.1. The molecule has 96 valence electrons. The van der Waals surface area contributed by atoms with Crippen LogP contribution in [0.3, 0.4) is 0 Å². The summed E-state index contributed by atoms with van der Waals surface area (Å²) in [7, 11) is 0. The molecule has 5 heteroatoms. The van der Waals surface area contributed by atoms with E-state index in [2.05, 4.69) is 69.7 Å². The van der Waals surface area contributed by atoms with Gasteiger partial charge in [0.1, 0.15) is 0 Å². The van der Waals surface area contributed by atoms with E-state index in [-0.39, 0.29) is 0 Å². The monoisotopic (exact) mass is 325 g/mol. The Balaban J connectivity index is 2.54. The molecule has 1 aromatic carbocycles. The minimum absolute atomic E-state index is 0.525. The summed E-state index contributed by atoms with van der Waals surface area (Å²) in [5.41, 5.74) is 2.28. The number of halogens is 1. The Morgan fingerprint density at radius 2 is 2.17 bits per heavy atom. The molecule has 0 radical (unpaired) electrons. The van der Waals surface area contributed by atoms with Gasteiger partial charge in [-0.25, -0.2) is 0 Å². The van der Waals surface area contributed by atoms with Crippen molar-refractivity contribution in [3.05, 3.63) is 33.0 Å². The molecule has 1 N–H and O–H groups in total. The lowest BCUT2D eigenvalue weighted by Gasteiger charge is -2.10. The van der Waals surface area contributed by atoms with Gasteiger partial charge >= 0.3 is 0 Å². The highest BCUT2D eigenvalue weighted by Gasteiger charge is 2.12. The van der Waals surface area contributed by atoms with Crippen molar-refractivity contribution in [2.75, 3.05) is 0 Å². The number of aryl methyl sites for hydroxylation is 1. The topological polar surface area (TPSA) is 33.6 Å². The Kier molecular flexibility index (Phi) is 4.02.